The highest BCUT2D eigenvalue weighted by molar-refractivity contribution is 5.87. The number of rotatable bonds is 5. The van der Waals surface area contributed by atoms with E-state index < -0.39 is 0 Å². The van der Waals surface area contributed by atoms with Gasteiger partial charge >= 0.3 is 6.03 Å². The van der Waals surface area contributed by atoms with E-state index in [2.05, 4.69) is 25.9 Å². The molecule has 8 heteroatoms. The summed E-state index contributed by atoms with van der Waals surface area (Å²) in [6.45, 7) is 2.10. The molecule has 3 aromatic rings. The molecule has 0 saturated heterocycles. The lowest BCUT2D eigenvalue weighted by Gasteiger charge is -2.07. The summed E-state index contributed by atoms with van der Waals surface area (Å²) < 4.78 is 1.90. The van der Waals surface area contributed by atoms with Crippen molar-refractivity contribution in [1.29, 1.82) is 0 Å². The summed E-state index contributed by atoms with van der Waals surface area (Å²) in [4.78, 5) is 31.3. The molecule has 3 N–H and O–H groups in total. The van der Waals surface area contributed by atoms with E-state index >= 15 is 0 Å². The fraction of sp³-hybridized carbons (Fsp3) is 0.176. The first kappa shape index (κ1) is 16.4. The zero-order valence-corrected chi connectivity index (χ0v) is 13.7. The van der Waals surface area contributed by atoms with Gasteiger partial charge in [-0.2, -0.15) is 0 Å². The van der Waals surface area contributed by atoms with E-state index in [-0.39, 0.29) is 11.9 Å². The minimum absolute atomic E-state index is 0.176. The molecule has 3 aromatic heterocycles. The van der Waals surface area contributed by atoms with Crippen LogP contribution in [-0.4, -0.2) is 26.3 Å². The second-order valence-corrected chi connectivity index (χ2v) is 5.47. The average Bonchev–Trinajstić information content (AvgIpc) is 3.02. The number of hydrogen-bond donors (Lipinski definition) is 3. The Morgan fingerprint density at radius 2 is 1.96 bits per heavy atom. The van der Waals surface area contributed by atoms with Crippen LogP contribution in [0.2, 0.25) is 0 Å². The van der Waals surface area contributed by atoms with E-state index in [1.165, 1.54) is 6.92 Å². The monoisotopic (exact) mass is 338 g/mol. The Kier molecular flexibility index (Phi) is 4.89. The minimum atomic E-state index is -0.289. The molecule has 0 aliphatic rings. The van der Waals surface area contributed by atoms with Crippen LogP contribution in [0.3, 0.4) is 0 Å². The third kappa shape index (κ3) is 4.54. The summed E-state index contributed by atoms with van der Waals surface area (Å²) in [6.07, 6.45) is 5.39. The van der Waals surface area contributed by atoms with Crippen LogP contribution in [0.1, 0.15) is 18.2 Å². The number of aromatic nitrogens is 3. The zero-order chi connectivity index (χ0) is 17.6. The number of carbonyl (C=O) groups excluding carboxylic acids is 2. The number of urea groups is 1. The normalized spacial score (nSPS) is 10.4. The van der Waals surface area contributed by atoms with Gasteiger partial charge in [0.1, 0.15) is 11.5 Å². The fourth-order valence-electron chi connectivity index (χ4n) is 2.27. The van der Waals surface area contributed by atoms with Crippen LogP contribution in [0.5, 0.6) is 0 Å². The molecule has 0 unspecified atom stereocenters. The van der Waals surface area contributed by atoms with Gasteiger partial charge in [-0.05, 0) is 23.8 Å². The fourth-order valence-corrected chi connectivity index (χ4v) is 2.27. The van der Waals surface area contributed by atoms with Gasteiger partial charge in [-0.1, -0.05) is 12.1 Å². The van der Waals surface area contributed by atoms with Gasteiger partial charge in [-0.15, -0.1) is 0 Å². The first-order valence-corrected chi connectivity index (χ1v) is 7.77. The highest BCUT2D eigenvalue weighted by Gasteiger charge is 2.05. The summed E-state index contributed by atoms with van der Waals surface area (Å²) in [5.74, 6) is 0.303. The molecule has 0 bridgehead atoms. The van der Waals surface area contributed by atoms with Crippen molar-refractivity contribution in [3.8, 4) is 0 Å². The minimum Gasteiger partial charge on any atom is -0.334 e. The number of hydrogen-bond acceptors (Lipinski definition) is 4. The molecule has 0 fully saturated rings. The van der Waals surface area contributed by atoms with Crippen molar-refractivity contribution in [2.45, 2.75) is 20.0 Å². The van der Waals surface area contributed by atoms with Crippen LogP contribution >= 0.6 is 0 Å². The largest absolute Gasteiger partial charge is 0.334 e. The van der Waals surface area contributed by atoms with E-state index in [9.17, 15) is 9.59 Å². The van der Waals surface area contributed by atoms with Crippen molar-refractivity contribution in [2.24, 2.45) is 0 Å². The van der Waals surface area contributed by atoms with E-state index in [1.54, 1.807) is 18.3 Å². The summed E-state index contributed by atoms with van der Waals surface area (Å²) in [5, 5.41) is 8.10. The van der Waals surface area contributed by atoms with Crippen molar-refractivity contribution >= 4 is 23.4 Å². The maximum atomic E-state index is 11.9. The molecule has 25 heavy (non-hydrogen) atoms. The number of amides is 3. The Balaban J connectivity index is 1.47. The van der Waals surface area contributed by atoms with Crippen LogP contribution in [0.25, 0.3) is 5.65 Å². The summed E-state index contributed by atoms with van der Waals surface area (Å²) in [7, 11) is 0. The van der Waals surface area contributed by atoms with Crippen LogP contribution < -0.4 is 16.0 Å². The summed E-state index contributed by atoms with van der Waals surface area (Å²) in [5.41, 5.74) is 2.45. The molecular formula is C17H18N6O2. The molecule has 0 aliphatic carbocycles. The molecular weight excluding hydrogens is 320 g/mol. The van der Waals surface area contributed by atoms with Crippen molar-refractivity contribution in [3.05, 3.63) is 60.2 Å². The Morgan fingerprint density at radius 1 is 1.12 bits per heavy atom. The third-order valence-corrected chi connectivity index (χ3v) is 3.43. The van der Waals surface area contributed by atoms with Crippen LogP contribution in [0, 0.1) is 0 Å². The maximum absolute atomic E-state index is 11.9. The number of fused-ring (bicyclic) bond motifs is 1. The topological polar surface area (TPSA) is 100 Å². The second kappa shape index (κ2) is 7.43. The summed E-state index contributed by atoms with van der Waals surface area (Å²) in [6, 6.07) is 8.93. The van der Waals surface area contributed by atoms with E-state index in [1.807, 2.05) is 35.0 Å². The number of imidazole rings is 1. The third-order valence-electron chi connectivity index (χ3n) is 3.43. The Hall–Kier alpha value is -3.42. The molecule has 8 nitrogen and oxygen atoms in total. The van der Waals surface area contributed by atoms with E-state index in [4.69, 9.17) is 0 Å². The van der Waals surface area contributed by atoms with Crippen LogP contribution in [0.15, 0.2) is 48.9 Å². The molecule has 0 atom stereocenters. The van der Waals surface area contributed by atoms with Gasteiger partial charge < -0.3 is 20.4 Å². The van der Waals surface area contributed by atoms with Crippen molar-refractivity contribution in [1.82, 2.24) is 25.0 Å². The van der Waals surface area contributed by atoms with E-state index in [0.29, 0.717) is 18.9 Å². The molecule has 3 heterocycles. The number of anilines is 1. The lowest BCUT2D eigenvalue weighted by molar-refractivity contribution is -0.114. The predicted octanol–water partition coefficient (Wildman–Crippen LogP) is 1.69. The molecule has 3 rings (SSSR count). The summed E-state index contributed by atoms with van der Waals surface area (Å²) >= 11 is 0. The molecule has 0 spiro atoms. The Morgan fingerprint density at radius 3 is 2.68 bits per heavy atom. The molecule has 0 saturated carbocycles. The molecule has 0 aliphatic heterocycles. The smallest absolute Gasteiger partial charge is 0.315 e. The van der Waals surface area contributed by atoms with Gasteiger partial charge in [0.15, 0.2) is 0 Å². The Labute approximate surface area is 144 Å². The standard InChI is InChI=1S/C17H18N6O2/c1-12(24)21-15-6-5-13(8-18-15)9-19-17(25)20-10-14-11-23-7-3-2-4-16(23)22-14/h2-8,11H,9-10H2,1H3,(H,18,21,24)(H2,19,20,25). The molecule has 128 valence electrons. The van der Waals surface area contributed by atoms with Gasteiger partial charge in [0, 0.05) is 32.1 Å². The van der Waals surface area contributed by atoms with Crippen molar-refractivity contribution in [3.63, 3.8) is 0 Å². The second-order valence-electron chi connectivity index (χ2n) is 5.47. The quantitative estimate of drug-likeness (QED) is 0.659. The predicted molar refractivity (Wildman–Crippen MR) is 92.8 cm³/mol. The van der Waals surface area contributed by atoms with Crippen LogP contribution in [0.4, 0.5) is 10.6 Å². The van der Waals surface area contributed by atoms with Crippen molar-refractivity contribution in [2.75, 3.05) is 5.32 Å². The lowest BCUT2D eigenvalue weighted by Crippen LogP contribution is -2.34. The number of carbonyl (C=O) groups is 2. The number of nitrogens with zero attached hydrogens (tertiary/aromatic N) is 3. The van der Waals surface area contributed by atoms with E-state index in [0.717, 1.165) is 16.9 Å². The maximum Gasteiger partial charge on any atom is 0.315 e. The number of pyridine rings is 2. The first-order valence-electron chi connectivity index (χ1n) is 7.77. The molecule has 3 amide bonds. The highest BCUT2D eigenvalue weighted by Crippen LogP contribution is 2.05. The zero-order valence-electron chi connectivity index (χ0n) is 13.7. The number of nitrogens with one attached hydrogen (secondary N) is 3. The molecule has 0 aromatic carbocycles. The van der Waals surface area contributed by atoms with Gasteiger partial charge in [0.25, 0.3) is 0 Å². The average molecular weight is 338 g/mol. The highest BCUT2D eigenvalue weighted by atomic mass is 16.2. The van der Waals surface area contributed by atoms with Gasteiger partial charge in [-0.3, -0.25) is 4.79 Å². The Bertz CT molecular complexity index is 855. The molecule has 0 radical (unpaired) electrons. The van der Waals surface area contributed by atoms with Crippen LogP contribution in [-0.2, 0) is 17.9 Å². The van der Waals surface area contributed by atoms with Gasteiger partial charge in [0.05, 0.1) is 12.2 Å². The van der Waals surface area contributed by atoms with Gasteiger partial charge in [-0.25, -0.2) is 14.8 Å². The van der Waals surface area contributed by atoms with Gasteiger partial charge in [0.2, 0.25) is 5.91 Å². The van der Waals surface area contributed by atoms with Crippen molar-refractivity contribution < 1.29 is 9.59 Å². The lowest BCUT2D eigenvalue weighted by atomic mass is 10.3. The SMILES string of the molecule is CC(=O)Nc1ccc(CNC(=O)NCc2cn3ccccc3n2)cn1. The first-order chi connectivity index (χ1) is 12.1.